The Hall–Kier alpha value is -1.40. The van der Waals surface area contributed by atoms with E-state index in [0.717, 1.165) is 32.1 Å². The largest absolute Gasteiger partial charge is 0.350 e. The summed E-state index contributed by atoms with van der Waals surface area (Å²) in [7, 11) is -3.56. The third-order valence-corrected chi connectivity index (χ3v) is 6.68. The highest BCUT2D eigenvalue weighted by molar-refractivity contribution is 7.89. The lowest BCUT2D eigenvalue weighted by atomic mass is 10.0. The molecule has 1 fully saturated rings. The Bertz CT molecular complexity index is 673. The predicted octanol–water partition coefficient (Wildman–Crippen LogP) is 3.17. The van der Waals surface area contributed by atoms with Gasteiger partial charge in [-0.2, -0.15) is 4.31 Å². The number of hydrogen-bond acceptors (Lipinski definition) is 3. The molecule has 1 heterocycles. The summed E-state index contributed by atoms with van der Waals surface area (Å²) >= 11 is 0. The molecule has 2 unspecified atom stereocenters. The van der Waals surface area contributed by atoms with Gasteiger partial charge in [0.25, 0.3) is 5.91 Å². The van der Waals surface area contributed by atoms with Gasteiger partial charge in [0.05, 0.1) is 4.90 Å². The molecule has 0 aromatic heterocycles. The first kappa shape index (κ1) is 18.9. The monoisotopic (exact) mass is 352 g/mol. The molecule has 1 aromatic carbocycles. The maximum absolute atomic E-state index is 13.0. The van der Waals surface area contributed by atoms with Crippen molar-refractivity contribution in [3.05, 3.63) is 29.8 Å². The summed E-state index contributed by atoms with van der Waals surface area (Å²) in [5.41, 5.74) is 0.390. The molecule has 0 spiro atoms. The molecule has 0 radical (unpaired) electrons. The second-order valence-corrected chi connectivity index (χ2v) is 8.37. The van der Waals surface area contributed by atoms with Gasteiger partial charge in [-0.25, -0.2) is 8.42 Å². The second kappa shape index (κ2) is 8.12. The van der Waals surface area contributed by atoms with E-state index in [-0.39, 0.29) is 22.9 Å². The van der Waals surface area contributed by atoms with E-state index in [1.807, 2.05) is 20.8 Å². The molecule has 1 aliphatic rings. The third-order valence-electron chi connectivity index (χ3n) is 4.74. The van der Waals surface area contributed by atoms with Crippen molar-refractivity contribution >= 4 is 15.9 Å². The van der Waals surface area contributed by atoms with Crippen LogP contribution in [-0.4, -0.2) is 37.3 Å². The summed E-state index contributed by atoms with van der Waals surface area (Å²) in [6.07, 6.45) is 4.51. The van der Waals surface area contributed by atoms with Gasteiger partial charge < -0.3 is 5.32 Å². The van der Waals surface area contributed by atoms with Gasteiger partial charge >= 0.3 is 0 Å². The summed E-state index contributed by atoms with van der Waals surface area (Å²) in [5, 5.41) is 2.88. The molecule has 1 N–H and O–H groups in total. The van der Waals surface area contributed by atoms with Crippen molar-refractivity contribution in [1.82, 2.24) is 9.62 Å². The summed E-state index contributed by atoms with van der Waals surface area (Å²) in [6, 6.07) is 6.49. The second-order valence-electron chi connectivity index (χ2n) is 6.48. The SMILES string of the molecule is CCC(C)NC(=O)c1cccc(S(=O)(=O)N2CCCCC2CC)c1. The summed E-state index contributed by atoms with van der Waals surface area (Å²) in [4.78, 5) is 12.5. The van der Waals surface area contributed by atoms with Crippen LogP contribution in [0.4, 0.5) is 0 Å². The molecule has 2 atom stereocenters. The molecular weight excluding hydrogens is 324 g/mol. The number of carbonyl (C=O) groups is 1. The number of hydrogen-bond donors (Lipinski definition) is 1. The van der Waals surface area contributed by atoms with E-state index in [1.54, 1.807) is 22.5 Å². The molecule has 134 valence electrons. The molecule has 1 aliphatic heterocycles. The first-order chi connectivity index (χ1) is 11.4. The number of nitrogens with zero attached hydrogens (tertiary/aromatic N) is 1. The van der Waals surface area contributed by atoms with Crippen LogP contribution in [0.5, 0.6) is 0 Å². The lowest BCUT2D eigenvalue weighted by molar-refractivity contribution is 0.0939. The highest BCUT2D eigenvalue weighted by Gasteiger charge is 2.32. The minimum atomic E-state index is -3.56. The Morgan fingerprint density at radius 1 is 1.33 bits per heavy atom. The van der Waals surface area contributed by atoms with E-state index in [9.17, 15) is 13.2 Å². The minimum Gasteiger partial charge on any atom is -0.350 e. The van der Waals surface area contributed by atoms with Gasteiger partial charge in [-0.1, -0.05) is 26.3 Å². The van der Waals surface area contributed by atoms with E-state index >= 15 is 0 Å². The van der Waals surface area contributed by atoms with E-state index in [1.165, 1.54) is 6.07 Å². The van der Waals surface area contributed by atoms with Crippen molar-refractivity contribution in [3.8, 4) is 0 Å². The Balaban J connectivity index is 2.27. The molecule has 24 heavy (non-hydrogen) atoms. The molecule has 2 rings (SSSR count). The number of rotatable bonds is 6. The molecule has 1 saturated heterocycles. The van der Waals surface area contributed by atoms with Crippen LogP contribution >= 0.6 is 0 Å². The first-order valence-corrected chi connectivity index (χ1v) is 10.3. The summed E-state index contributed by atoms with van der Waals surface area (Å²) in [6.45, 7) is 6.50. The highest BCUT2D eigenvalue weighted by Crippen LogP contribution is 2.27. The zero-order valence-electron chi connectivity index (χ0n) is 14.8. The van der Waals surface area contributed by atoms with E-state index in [4.69, 9.17) is 0 Å². The fourth-order valence-electron chi connectivity index (χ4n) is 3.04. The standard InChI is InChI=1S/C18H28N2O3S/c1-4-14(3)19-18(21)15-9-8-11-17(13-15)24(22,23)20-12-7-6-10-16(20)5-2/h8-9,11,13-14,16H,4-7,10,12H2,1-3H3,(H,19,21). The lowest BCUT2D eigenvalue weighted by Gasteiger charge is -2.34. The van der Waals surface area contributed by atoms with Crippen LogP contribution in [0.15, 0.2) is 29.2 Å². The predicted molar refractivity (Wildman–Crippen MR) is 95.5 cm³/mol. The van der Waals surface area contributed by atoms with Gasteiger partial charge in [0.2, 0.25) is 10.0 Å². The van der Waals surface area contributed by atoms with Crippen molar-refractivity contribution in [3.63, 3.8) is 0 Å². The molecule has 0 bridgehead atoms. The molecule has 6 heteroatoms. The van der Waals surface area contributed by atoms with Crippen LogP contribution in [0.1, 0.15) is 63.2 Å². The summed E-state index contributed by atoms with van der Waals surface area (Å²) in [5.74, 6) is -0.230. The van der Waals surface area contributed by atoms with Crippen molar-refractivity contribution in [2.75, 3.05) is 6.54 Å². The number of nitrogens with one attached hydrogen (secondary N) is 1. The first-order valence-electron chi connectivity index (χ1n) is 8.82. The molecule has 0 aliphatic carbocycles. The molecule has 1 aromatic rings. The van der Waals surface area contributed by atoms with Crippen LogP contribution in [-0.2, 0) is 10.0 Å². The Morgan fingerprint density at radius 2 is 2.08 bits per heavy atom. The smallest absolute Gasteiger partial charge is 0.251 e. The molecule has 1 amide bonds. The summed E-state index contributed by atoms with van der Waals surface area (Å²) < 4.78 is 27.6. The number of benzene rings is 1. The van der Waals surface area contributed by atoms with Crippen molar-refractivity contribution in [1.29, 1.82) is 0 Å². The molecular formula is C18H28N2O3S. The van der Waals surface area contributed by atoms with Crippen LogP contribution in [0.3, 0.4) is 0 Å². The maximum Gasteiger partial charge on any atom is 0.251 e. The highest BCUT2D eigenvalue weighted by atomic mass is 32.2. The van der Waals surface area contributed by atoms with Crippen molar-refractivity contribution < 1.29 is 13.2 Å². The van der Waals surface area contributed by atoms with Gasteiger partial charge in [-0.05, 0) is 50.8 Å². The van der Waals surface area contributed by atoms with E-state index in [2.05, 4.69) is 5.32 Å². The van der Waals surface area contributed by atoms with Crippen LogP contribution < -0.4 is 5.32 Å². The van der Waals surface area contributed by atoms with Crippen LogP contribution in [0, 0.1) is 0 Å². The number of carbonyl (C=O) groups excluding carboxylic acids is 1. The average molecular weight is 353 g/mol. The topological polar surface area (TPSA) is 66.5 Å². The fourth-order valence-corrected chi connectivity index (χ4v) is 4.85. The lowest BCUT2D eigenvalue weighted by Crippen LogP contribution is -2.43. The number of sulfonamides is 1. The van der Waals surface area contributed by atoms with E-state index in [0.29, 0.717) is 12.1 Å². The Kier molecular flexibility index (Phi) is 6.40. The van der Waals surface area contributed by atoms with Crippen LogP contribution in [0.25, 0.3) is 0 Å². The average Bonchev–Trinajstić information content (AvgIpc) is 2.61. The Labute approximate surface area is 145 Å². The van der Waals surface area contributed by atoms with Gasteiger partial charge in [-0.15, -0.1) is 0 Å². The van der Waals surface area contributed by atoms with Gasteiger partial charge in [0, 0.05) is 24.2 Å². The number of amides is 1. The maximum atomic E-state index is 13.0. The zero-order valence-corrected chi connectivity index (χ0v) is 15.6. The van der Waals surface area contributed by atoms with Gasteiger partial charge in [-0.3, -0.25) is 4.79 Å². The van der Waals surface area contributed by atoms with Crippen molar-refractivity contribution in [2.45, 2.75) is 69.9 Å². The van der Waals surface area contributed by atoms with Gasteiger partial charge in [0.15, 0.2) is 0 Å². The molecule has 0 saturated carbocycles. The van der Waals surface area contributed by atoms with E-state index < -0.39 is 10.0 Å². The van der Waals surface area contributed by atoms with Crippen molar-refractivity contribution in [2.24, 2.45) is 0 Å². The quantitative estimate of drug-likeness (QED) is 0.855. The number of piperidine rings is 1. The zero-order chi connectivity index (χ0) is 17.7. The third kappa shape index (κ3) is 4.16. The van der Waals surface area contributed by atoms with Gasteiger partial charge in [0.1, 0.15) is 0 Å². The Morgan fingerprint density at radius 3 is 2.75 bits per heavy atom. The molecule has 5 nitrogen and oxygen atoms in total. The van der Waals surface area contributed by atoms with Crippen LogP contribution in [0.2, 0.25) is 0 Å². The fraction of sp³-hybridized carbons (Fsp3) is 0.611. The minimum absolute atomic E-state index is 0.0568. The normalized spacial score (nSPS) is 20.5.